The Bertz CT molecular complexity index is 504. The molecule has 2 heterocycles. The highest BCUT2D eigenvalue weighted by Crippen LogP contribution is 2.44. The van der Waals surface area contributed by atoms with Gasteiger partial charge in [0.2, 0.25) is 0 Å². The second-order valence-corrected chi connectivity index (χ2v) is 4.95. The first kappa shape index (κ1) is 13.0. The number of nitrogen functional groups attached to an aromatic ring is 1. The molecule has 2 N–H and O–H groups in total. The van der Waals surface area contributed by atoms with Gasteiger partial charge in [0, 0.05) is 12.1 Å². The molecule has 6 heteroatoms. The fourth-order valence-electron chi connectivity index (χ4n) is 2.27. The Morgan fingerprint density at radius 1 is 1.67 bits per heavy atom. The van der Waals surface area contributed by atoms with Crippen molar-refractivity contribution in [3.05, 3.63) is 22.7 Å². The van der Waals surface area contributed by atoms with Crippen molar-refractivity contribution < 1.29 is 9.13 Å². The van der Waals surface area contributed by atoms with Crippen molar-refractivity contribution >= 4 is 5.82 Å². The molecule has 1 aromatic heterocycles. The minimum Gasteiger partial charge on any atom is -0.383 e. The quantitative estimate of drug-likeness (QED) is 0.869. The van der Waals surface area contributed by atoms with Crippen LogP contribution in [-0.2, 0) is 4.74 Å². The van der Waals surface area contributed by atoms with Crippen LogP contribution in [0.5, 0.6) is 0 Å². The fraction of sp³-hybridized carbons (Fsp3) is 0.667. The summed E-state index contributed by atoms with van der Waals surface area (Å²) in [5.74, 6) is -0.159. The third kappa shape index (κ3) is 1.90. The average Bonchev–Trinajstić information content (AvgIpc) is 2.55. The molecule has 2 rings (SSSR count). The molecular weight excluding hydrogens is 237 g/mol. The Kier molecular flexibility index (Phi) is 3.14. The van der Waals surface area contributed by atoms with Crippen molar-refractivity contribution in [1.82, 2.24) is 9.55 Å². The van der Waals surface area contributed by atoms with E-state index in [0.717, 1.165) is 0 Å². The van der Waals surface area contributed by atoms with Crippen LogP contribution in [0.1, 0.15) is 33.4 Å². The zero-order chi connectivity index (χ0) is 13.5. The second-order valence-electron chi connectivity index (χ2n) is 4.95. The minimum atomic E-state index is -1.24. The summed E-state index contributed by atoms with van der Waals surface area (Å²) >= 11 is 0. The van der Waals surface area contributed by atoms with Crippen LogP contribution < -0.4 is 11.4 Å². The van der Waals surface area contributed by atoms with Crippen molar-refractivity contribution in [2.45, 2.75) is 45.2 Å². The van der Waals surface area contributed by atoms with Crippen LogP contribution in [-0.4, -0.2) is 21.3 Å². The highest BCUT2D eigenvalue weighted by atomic mass is 19.1. The Labute approximate surface area is 105 Å². The molecule has 4 atom stereocenters. The Hall–Kier alpha value is -1.43. The third-order valence-corrected chi connectivity index (χ3v) is 3.93. The van der Waals surface area contributed by atoms with Crippen molar-refractivity contribution in [1.29, 1.82) is 0 Å². The molecule has 18 heavy (non-hydrogen) atoms. The van der Waals surface area contributed by atoms with Crippen molar-refractivity contribution in [2.24, 2.45) is 5.92 Å². The first-order valence-electron chi connectivity index (χ1n) is 6.05. The molecule has 100 valence electrons. The van der Waals surface area contributed by atoms with Gasteiger partial charge >= 0.3 is 5.69 Å². The maximum absolute atomic E-state index is 14.3. The summed E-state index contributed by atoms with van der Waals surface area (Å²) in [7, 11) is 0. The van der Waals surface area contributed by atoms with E-state index >= 15 is 0 Å². The number of halogens is 1. The zero-order valence-electron chi connectivity index (χ0n) is 10.8. The molecule has 5 nitrogen and oxygen atoms in total. The summed E-state index contributed by atoms with van der Waals surface area (Å²) in [6.07, 6.45) is -0.0539. The molecule has 0 bridgehead atoms. The van der Waals surface area contributed by atoms with Crippen molar-refractivity contribution in [2.75, 3.05) is 5.73 Å². The number of rotatable bonds is 2. The Morgan fingerprint density at radius 2 is 2.33 bits per heavy atom. The maximum Gasteiger partial charge on any atom is 0.351 e. The zero-order valence-corrected chi connectivity index (χ0v) is 10.8. The van der Waals surface area contributed by atoms with E-state index < -0.39 is 23.7 Å². The molecule has 1 aliphatic rings. The maximum atomic E-state index is 14.3. The second kappa shape index (κ2) is 4.35. The smallest absolute Gasteiger partial charge is 0.351 e. The van der Waals surface area contributed by atoms with Gasteiger partial charge in [-0.05, 0) is 19.4 Å². The normalized spacial score (nSPS) is 35.9. The van der Waals surface area contributed by atoms with Crippen LogP contribution >= 0.6 is 0 Å². The van der Waals surface area contributed by atoms with Gasteiger partial charge < -0.3 is 10.5 Å². The highest BCUT2D eigenvalue weighted by Gasteiger charge is 2.50. The molecule has 0 spiro atoms. The summed E-state index contributed by atoms with van der Waals surface area (Å²) in [4.78, 5) is 15.3. The number of hydrogen-bond acceptors (Lipinski definition) is 4. The number of anilines is 1. The molecule has 1 aromatic rings. The number of aromatic nitrogens is 2. The molecule has 0 radical (unpaired) electrons. The van der Waals surface area contributed by atoms with E-state index in [-0.39, 0.29) is 11.7 Å². The van der Waals surface area contributed by atoms with Gasteiger partial charge in [0.1, 0.15) is 5.82 Å². The largest absolute Gasteiger partial charge is 0.383 e. The van der Waals surface area contributed by atoms with Crippen LogP contribution in [0.15, 0.2) is 17.1 Å². The van der Waals surface area contributed by atoms with Crippen molar-refractivity contribution in [3.8, 4) is 0 Å². The SMILES string of the molecule is CC[C@@]1(C)OC(n2ccc(N)nc2=O)[C@H](F)[C@@H]1C. The van der Waals surface area contributed by atoms with Crippen LogP contribution in [0.3, 0.4) is 0 Å². The Morgan fingerprint density at radius 3 is 2.83 bits per heavy atom. The van der Waals surface area contributed by atoms with E-state index in [0.29, 0.717) is 6.42 Å². The molecular formula is C12H18FN3O2. The van der Waals surface area contributed by atoms with Crippen LogP contribution in [0.25, 0.3) is 0 Å². The van der Waals surface area contributed by atoms with Gasteiger partial charge in [-0.25, -0.2) is 9.18 Å². The van der Waals surface area contributed by atoms with Crippen LogP contribution in [0.2, 0.25) is 0 Å². The highest BCUT2D eigenvalue weighted by molar-refractivity contribution is 5.23. The van der Waals surface area contributed by atoms with Gasteiger partial charge in [0.15, 0.2) is 12.4 Å². The van der Waals surface area contributed by atoms with E-state index in [1.807, 2.05) is 13.8 Å². The van der Waals surface area contributed by atoms with E-state index in [2.05, 4.69) is 4.98 Å². The molecule has 1 unspecified atom stereocenters. The first-order valence-corrected chi connectivity index (χ1v) is 6.05. The lowest BCUT2D eigenvalue weighted by atomic mass is 9.87. The lowest BCUT2D eigenvalue weighted by molar-refractivity contribution is -0.0808. The van der Waals surface area contributed by atoms with Crippen LogP contribution in [0.4, 0.5) is 10.2 Å². The fourth-order valence-corrected chi connectivity index (χ4v) is 2.27. The number of ether oxygens (including phenoxy) is 1. The van der Waals surface area contributed by atoms with Crippen LogP contribution in [0, 0.1) is 5.92 Å². The molecule has 0 aromatic carbocycles. The monoisotopic (exact) mass is 255 g/mol. The average molecular weight is 255 g/mol. The standard InChI is InChI=1S/C12H18FN3O2/c1-4-12(3)7(2)9(13)10(18-12)16-6-5-8(14)15-11(16)17/h5-7,9-10H,4H2,1-3H3,(H2,14,15,17)/t7-,9+,10?,12+/m0/s1. The van der Waals surface area contributed by atoms with Gasteiger partial charge in [-0.2, -0.15) is 4.98 Å². The minimum absolute atomic E-state index is 0.121. The molecule has 1 saturated heterocycles. The first-order chi connectivity index (χ1) is 8.39. The molecule has 0 aliphatic carbocycles. The van der Waals surface area contributed by atoms with Crippen molar-refractivity contribution in [3.63, 3.8) is 0 Å². The lowest BCUT2D eigenvalue weighted by Gasteiger charge is -2.26. The molecule has 1 fully saturated rings. The third-order valence-electron chi connectivity index (χ3n) is 3.93. The summed E-state index contributed by atoms with van der Waals surface area (Å²) in [6.45, 7) is 5.60. The number of nitrogens with zero attached hydrogens (tertiary/aromatic N) is 2. The number of alkyl halides is 1. The molecule has 1 aliphatic heterocycles. The predicted molar refractivity (Wildman–Crippen MR) is 65.8 cm³/mol. The summed E-state index contributed by atoms with van der Waals surface area (Å²) in [5.41, 5.74) is 4.26. The number of nitrogens with two attached hydrogens (primary N) is 1. The molecule has 0 saturated carbocycles. The van der Waals surface area contributed by atoms with E-state index in [9.17, 15) is 9.18 Å². The Balaban J connectivity index is 2.38. The van der Waals surface area contributed by atoms with Gasteiger partial charge in [-0.15, -0.1) is 0 Å². The summed E-state index contributed by atoms with van der Waals surface area (Å²) in [6, 6.07) is 1.46. The summed E-state index contributed by atoms with van der Waals surface area (Å²) < 4.78 is 21.2. The van der Waals surface area contributed by atoms with Gasteiger partial charge in [-0.3, -0.25) is 4.57 Å². The van der Waals surface area contributed by atoms with Gasteiger partial charge in [0.25, 0.3) is 0 Å². The predicted octanol–water partition coefficient (Wildman–Crippen LogP) is 1.50. The topological polar surface area (TPSA) is 70.1 Å². The number of hydrogen-bond donors (Lipinski definition) is 1. The van der Waals surface area contributed by atoms with Gasteiger partial charge in [0.05, 0.1) is 5.60 Å². The van der Waals surface area contributed by atoms with E-state index in [1.54, 1.807) is 6.92 Å². The van der Waals surface area contributed by atoms with E-state index in [4.69, 9.17) is 10.5 Å². The molecule has 0 amide bonds. The van der Waals surface area contributed by atoms with Gasteiger partial charge in [-0.1, -0.05) is 13.8 Å². The lowest BCUT2D eigenvalue weighted by Crippen LogP contribution is -2.31. The van der Waals surface area contributed by atoms with E-state index in [1.165, 1.54) is 16.8 Å². The summed E-state index contributed by atoms with van der Waals surface area (Å²) in [5, 5.41) is 0.